The van der Waals surface area contributed by atoms with Crippen LogP contribution in [-0.2, 0) is 6.16 Å². The SMILES string of the molecule is N#Cc1ccc(Oc2ccc(C[P+](c3ccccc3)(c3ccccc3)c3ccccc3)cc2)cc1. The van der Waals surface area contributed by atoms with E-state index in [9.17, 15) is 0 Å². The Kier molecular flexibility index (Phi) is 6.71. The zero-order valence-corrected chi connectivity index (χ0v) is 20.2. The van der Waals surface area contributed by atoms with Crippen molar-refractivity contribution in [2.45, 2.75) is 6.16 Å². The molecule has 168 valence electrons. The first-order valence-electron chi connectivity index (χ1n) is 11.6. The number of ether oxygens (including phenoxy) is 1. The van der Waals surface area contributed by atoms with Gasteiger partial charge in [0.25, 0.3) is 0 Å². The van der Waals surface area contributed by atoms with Crippen LogP contribution >= 0.6 is 7.26 Å². The van der Waals surface area contributed by atoms with E-state index in [1.807, 2.05) is 24.3 Å². The molecule has 3 heteroatoms. The number of hydrogen-bond acceptors (Lipinski definition) is 2. The lowest BCUT2D eigenvalue weighted by atomic mass is 10.2. The van der Waals surface area contributed by atoms with Crippen LogP contribution in [0.5, 0.6) is 11.5 Å². The Bertz CT molecular complexity index is 1310. The maximum absolute atomic E-state index is 9.00. The molecular weight excluding hydrogens is 445 g/mol. The van der Waals surface area contributed by atoms with E-state index in [0.29, 0.717) is 5.56 Å². The molecule has 0 atom stereocenters. The van der Waals surface area contributed by atoms with Gasteiger partial charge >= 0.3 is 0 Å². The Hall–Kier alpha value is -4.18. The molecule has 0 unspecified atom stereocenters. The lowest BCUT2D eigenvalue weighted by Crippen LogP contribution is -2.32. The molecule has 0 N–H and O–H groups in total. The van der Waals surface area contributed by atoms with Crippen LogP contribution < -0.4 is 20.7 Å². The van der Waals surface area contributed by atoms with Gasteiger partial charge in [-0.3, -0.25) is 0 Å². The molecule has 0 bridgehead atoms. The second-order valence-electron chi connectivity index (χ2n) is 8.36. The minimum atomic E-state index is -1.94. The molecule has 0 aliphatic rings. The summed E-state index contributed by atoms with van der Waals surface area (Å²) in [4.78, 5) is 0. The van der Waals surface area contributed by atoms with Crippen molar-refractivity contribution in [3.05, 3.63) is 151 Å². The van der Waals surface area contributed by atoms with E-state index >= 15 is 0 Å². The molecule has 5 rings (SSSR count). The van der Waals surface area contributed by atoms with Crippen molar-refractivity contribution in [1.82, 2.24) is 0 Å². The van der Waals surface area contributed by atoms with Gasteiger partial charge in [0.15, 0.2) is 0 Å². The van der Waals surface area contributed by atoms with E-state index in [2.05, 4.69) is 109 Å². The van der Waals surface area contributed by atoms with Gasteiger partial charge in [-0.2, -0.15) is 5.26 Å². The monoisotopic (exact) mass is 470 g/mol. The first-order valence-corrected chi connectivity index (χ1v) is 13.6. The first kappa shape index (κ1) is 22.6. The summed E-state index contributed by atoms with van der Waals surface area (Å²) < 4.78 is 6.02. The first-order chi connectivity index (χ1) is 17.3. The fourth-order valence-corrected chi connectivity index (χ4v) is 8.68. The van der Waals surface area contributed by atoms with Crippen molar-refractivity contribution < 1.29 is 4.74 Å². The number of benzene rings is 5. The average molecular weight is 471 g/mol. The molecule has 0 amide bonds. The van der Waals surface area contributed by atoms with Crippen molar-refractivity contribution >= 4 is 23.2 Å². The molecule has 0 spiro atoms. The van der Waals surface area contributed by atoms with Gasteiger partial charge in [0, 0.05) is 0 Å². The standard InChI is InChI=1S/C32H25NOP/c33-24-26-16-20-28(21-17-26)34-29-22-18-27(19-23-29)25-35(30-10-4-1-5-11-30,31-12-6-2-7-13-31)32-14-8-3-9-15-32/h1-23H,25H2/q+1. The highest BCUT2D eigenvalue weighted by molar-refractivity contribution is 7.95. The molecular formula is C32H25NOP+. The maximum atomic E-state index is 9.00. The van der Waals surface area contributed by atoms with Gasteiger partial charge in [-0.15, -0.1) is 0 Å². The van der Waals surface area contributed by atoms with E-state index < -0.39 is 7.26 Å². The third kappa shape index (κ3) is 4.87. The van der Waals surface area contributed by atoms with Gasteiger partial charge < -0.3 is 4.74 Å². The fraction of sp³-hybridized carbons (Fsp3) is 0.0312. The normalized spacial score (nSPS) is 10.9. The molecule has 0 aromatic heterocycles. The Morgan fingerprint density at radius 2 is 0.914 bits per heavy atom. The van der Waals surface area contributed by atoms with Gasteiger partial charge in [0.2, 0.25) is 0 Å². The molecule has 0 aliphatic carbocycles. The quantitative estimate of drug-likeness (QED) is 0.244. The minimum absolute atomic E-state index is 0.621. The summed E-state index contributed by atoms with van der Waals surface area (Å²) in [6.07, 6.45) is 0.919. The Morgan fingerprint density at radius 3 is 1.31 bits per heavy atom. The minimum Gasteiger partial charge on any atom is -0.457 e. The molecule has 2 nitrogen and oxygen atoms in total. The lowest BCUT2D eigenvalue weighted by Gasteiger charge is -2.28. The number of hydrogen-bond donors (Lipinski definition) is 0. The summed E-state index contributed by atoms with van der Waals surface area (Å²) in [5.74, 6) is 1.50. The van der Waals surface area contributed by atoms with Crippen LogP contribution in [0.1, 0.15) is 11.1 Å². The Balaban J connectivity index is 1.53. The van der Waals surface area contributed by atoms with Gasteiger partial charge in [0.1, 0.15) is 34.7 Å². The van der Waals surface area contributed by atoms with E-state index in [1.54, 1.807) is 12.1 Å². The topological polar surface area (TPSA) is 33.0 Å². The van der Waals surface area contributed by atoms with Crippen LogP contribution in [0.2, 0.25) is 0 Å². The van der Waals surface area contributed by atoms with Gasteiger partial charge in [-0.05, 0) is 78.4 Å². The summed E-state index contributed by atoms with van der Waals surface area (Å²) in [5, 5.41) is 13.1. The molecule has 5 aromatic carbocycles. The van der Waals surface area contributed by atoms with Crippen LogP contribution in [0.3, 0.4) is 0 Å². The second-order valence-corrected chi connectivity index (χ2v) is 11.8. The second kappa shape index (κ2) is 10.4. The maximum Gasteiger partial charge on any atom is 0.127 e. The fourth-order valence-electron chi connectivity index (χ4n) is 4.44. The number of nitrogens with zero attached hydrogens (tertiary/aromatic N) is 1. The highest BCUT2D eigenvalue weighted by Crippen LogP contribution is 2.58. The van der Waals surface area contributed by atoms with E-state index in [4.69, 9.17) is 10.00 Å². The Morgan fingerprint density at radius 1 is 0.514 bits per heavy atom. The van der Waals surface area contributed by atoms with E-state index in [0.717, 1.165) is 17.7 Å². The van der Waals surface area contributed by atoms with Crippen LogP contribution in [0.4, 0.5) is 0 Å². The van der Waals surface area contributed by atoms with Crippen molar-refractivity contribution in [3.8, 4) is 17.6 Å². The molecule has 0 radical (unpaired) electrons. The molecule has 0 saturated heterocycles. The molecule has 35 heavy (non-hydrogen) atoms. The lowest BCUT2D eigenvalue weighted by molar-refractivity contribution is 0.482. The predicted molar refractivity (Wildman–Crippen MR) is 147 cm³/mol. The summed E-state index contributed by atoms with van der Waals surface area (Å²) in [6, 6.07) is 50.5. The van der Waals surface area contributed by atoms with Crippen LogP contribution in [0.25, 0.3) is 0 Å². The van der Waals surface area contributed by atoms with Crippen molar-refractivity contribution in [2.24, 2.45) is 0 Å². The largest absolute Gasteiger partial charge is 0.457 e. The van der Waals surface area contributed by atoms with Gasteiger partial charge in [-0.1, -0.05) is 66.7 Å². The summed E-state index contributed by atoms with van der Waals surface area (Å²) in [7, 11) is -1.94. The predicted octanol–water partition coefficient (Wildman–Crippen LogP) is 6.84. The number of rotatable bonds is 7. The highest BCUT2D eigenvalue weighted by Gasteiger charge is 2.45. The third-order valence-corrected chi connectivity index (χ3v) is 10.5. The van der Waals surface area contributed by atoms with E-state index in [1.165, 1.54) is 21.5 Å². The summed E-state index contributed by atoms with van der Waals surface area (Å²) in [5.41, 5.74) is 1.89. The van der Waals surface area contributed by atoms with Gasteiger partial charge in [0.05, 0.1) is 17.8 Å². The molecule has 0 fully saturated rings. The van der Waals surface area contributed by atoms with Crippen molar-refractivity contribution in [1.29, 1.82) is 5.26 Å². The number of nitriles is 1. The molecule has 5 aromatic rings. The highest BCUT2D eigenvalue weighted by atomic mass is 31.2. The average Bonchev–Trinajstić information content (AvgIpc) is 2.94. The van der Waals surface area contributed by atoms with Crippen molar-refractivity contribution in [2.75, 3.05) is 0 Å². The molecule has 0 heterocycles. The summed E-state index contributed by atoms with van der Waals surface area (Å²) in [6.45, 7) is 0. The van der Waals surface area contributed by atoms with Crippen LogP contribution in [-0.4, -0.2) is 0 Å². The van der Waals surface area contributed by atoms with Crippen LogP contribution in [0.15, 0.2) is 140 Å². The summed E-state index contributed by atoms with van der Waals surface area (Å²) >= 11 is 0. The van der Waals surface area contributed by atoms with Gasteiger partial charge in [-0.25, -0.2) is 0 Å². The molecule has 0 aliphatic heterocycles. The zero-order valence-electron chi connectivity index (χ0n) is 19.3. The smallest absolute Gasteiger partial charge is 0.127 e. The zero-order chi connectivity index (χ0) is 23.9. The van der Waals surface area contributed by atoms with Crippen molar-refractivity contribution in [3.63, 3.8) is 0 Å². The third-order valence-electron chi connectivity index (χ3n) is 6.15. The van der Waals surface area contributed by atoms with Crippen LogP contribution in [0, 0.1) is 11.3 Å². The van der Waals surface area contributed by atoms with E-state index in [-0.39, 0.29) is 0 Å². The Labute approximate surface area is 207 Å². The molecule has 0 saturated carbocycles.